The van der Waals surface area contributed by atoms with E-state index in [2.05, 4.69) is 17.7 Å². The summed E-state index contributed by atoms with van der Waals surface area (Å²) in [7, 11) is 1.36. The molecule has 1 N–H and O–H groups in total. The van der Waals surface area contributed by atoms with Crippen molar-refractivity contribution in [3.8, 4) is 0 Å². The summed E-state index contributed by atoms with van der Waals surface area (Å²) in [5, 5.41) is 10.3. The first-order valence-corrected chi connectivity index (χ1v) is 10.5. The number of aliphatic hydroxyl groups is 1. The van der Waals surface area contributed by atoms with E-state index in [0.29, 0.717) is 18.9 Å². The Morgan fingerprint density at radius 2 is 2.15 bits per heavy atom. The third-order valence-corrected chi connectivity index (χ3v) is 6.03. The van der Waals surface area contributed by atoms with Crippen molar-refractivity contribution < 1.29 is 19.4 Å². The monoisotopic (exact) mass is 390 g/mol. The van der Waals surface area contributed by atoms with Crippen molar-refractivity contribution in [3.05, 3.63) is 58.5 Å². The molecule has 1 unspecified atom stereocenters. The molecule has 0 aliphatic heterocycles. The van der Waals surface area contributed by atoms with Gasteiger partial charge in [0, 0.05) is 18.9 Å². The minimum atomic E-state index is -0.453. The molecular formula is C22H30O4S. The van der Waals surface area contributed by atoms with Gasteiger partial charge in [0.2, 0.25) is 0 Å². The maximum absolute atomic E-state index is 11.0. The third kappa shape index (κ3) is 7.91. The van der Waals surface area contributed by atoms with E-state index in [1.54, 1.807) is 0 Å². The van der Waals surface area contributed by atoms with Gasteiger partial charge in [-0.15, -0.1) is 11.8 Å². The highest BCUT2D eigenvalue weighted by molar-refractivity contribution is 8.03. The summed E-state index contributed by atoms with van der Waals surface area (Å²) in [6.07, 6.45) is 7.42. The average molecular weight is 391 g/mol. The highest BCUT2D eigenvalue weighted by atomic mass is 32.2. The molecule has 1 aliphatic rings. The topological polar surface area (TPSA) is 55.8 Å². The maximum Gasteiger partial charge on any atom is 0.331 e. The number of thioether (sulfide) groups is 1. The lowest BCUT2D eigenvalue weighted by atomic mass is 10.0. The van der Waals surface area contributed by atoms with E-state index >= 15 is 0 Å². The van der Waals surface area contributed by atoms with Gasteiger partial charge in [-0.2, -0.15) is 0 Å². The van der Waals surface area contributed by atoms with Crippen LogP contribution in [0.15, 0.2) is 53.0 Å². The van der Waals surface area contributed by atoms with Gasteiger partial charge in [0.15, 0.2) is 0 Å². The summed E-state index contributed by atoms with van der Waals surface area (Å²) in [6, 6.07) is 10.1. The Morgan fingerprint density at radius 1 is 1.37 bits per heavy atom. The zero-order valence-electron chi connectivity index (χ0n) is 16.2. The van der Waals surface area contributed by atoms with E-state index in [1.165, 1.54) is 17.6 Å². The molecule has 5 heteroatoms. The Hall–Kier alpha value is -1.56. The Kier molecular flexibility index (Phi) is 9.67. The van der Waals surface area contributed by atoms with Gasteiger partial charge in [-0.3, -0.25) is 0 Å². The van der Waals surface area contributed by atoms with Crippen LogP contribution in [-0.2, 0) is 20.7 Å². The number of esters is 1. The Bertz CT molecular complexity index is 639. The second-order valence-corrected chi connectivity index (χ2v) is 7.90. The van der Waals surface area contributed by atoms with Gasteiger partial charge in [0.1, 0.15) is 6.61 Å². The molecular weight excluding hydrogens is 360 g/mol. The zero-order chi connectivity index (χ0) is 19.5. The predicted molar refractivity (Wildman–Crippen MR) is 111 cm³/mol. The van der Waals surface area contributed by atoms with E-state index < -0.39 is 6.10 Å². The highest BCUT2D eigenvalue weighted by Crippen LogP contribution is 2.40. The fourth-order valence-corrected chi connectivity index (χ4v) is 4.34. The summed E-state index contributed by atoms with van der Waals surface area (Å²) in [5.41, 5.74) is 2.59. The molecule has 4 nitrogen and oxygen atoms in total. The van der Waals surface area contributed by atoms with Crippen molar-refractivity contribution in [2.45, 2.75) is 38.7 Å². The molecule has 0 amide bonds. The van der Waals surface area contributed by atoms with Crippen LogP contribution < -0.4 is 0 Å². The van der Waals surface area contributed by atoms with Gasteiger partial charge in [0.05, 0.1) is 13.2 Å². The number of carbonyl (C=O) groups excluding carboxylic acids is 1. The van der Waals surface area contributed by atoms with E-state index in [4.69, 9.17) is 4.74 Å². The van der Waals surface area contributed by atoms with Gasteiger partial charge in [0.25, 0.3) is 0 Å². The Labute approximate surface area is 166 Å². The fourth-order valence-electron chi connectivity index (χ4n) is 3.10. The summed E-state index contributed by atoms with van der Waals surface area (Å²) in [5.74, 6) is 1.03. The maximum atomic E-state index is 11.0. The smallest absolute Gasteiger partial charge is 0.331 e. The van der Waals surface area contributed by atoms with Crippen molar-refractivity contribution in [1.82, 2.24) is 0 Å². The first-order valence-electron chi connectivity index (χ1n) is 9.47. The van der Waals surface area contributed by atoms with Crippen LogP contribution in [-0.4, -0.2) is 43.3 Å². The van der Waals surface area contributed by atoms with E-state index in [9.17, 15) is 9.90 Å². The molecule has 148 valence electrons. The molecule has 0 aromatic heterocycles. The lowest BCUT2D eigenvalue weighted by Gasteiger charge is -2.13. The third-order valence-electron chi connectivity index (χ3n) is 4.58. The number of allylic oxidation sites excluding steroid dienone is 3. The van der Waals surface area contributed by atoms with Crippen molar-refractivity contribution in [2.24, 2.45) is 5.92 Å². The standard InChI is InChI=1S/C22H30O4S/c1-17-9-10-19(11-12-20(23)15-18-7-4-3-5-8-18)22(17)27-14-6-13-26-16-21(24)25-2/h3-5,7-8,11-12,19-20,23H,6,9-10,13-16H2,1-2H3/b12-11+/t19-,20?/m1/s1. The zero-order valence-corrected chi connectivity index (χ0v) is 17.0. The predicted octanol–water partition coefficient (Wildman–Crippen LogP) is 4.14. The number of hydrogen-bond acceptors (Lipinski definition) is 5. The van der Waals surface area contributed by atoms with Gasteiger partial charge >= 0.3 is 5.97 Å². The van der Waals surface area contributed by atoms with Crippen LogP contribution in [0.5, 0.6) is 0 Å². The molecule has 1 aromatic carbocycles. The van der Waals surface area contributed by atoms with Crippen LogP contribution in [0.4, 0.5) is 0 Å². The summed E-state index contributed by atoms with van der Waals surface area (Å²) in [4.78, 5) is 12.4. The molecule has 2 rings (SSSR count). The van der Waals surface area contributed by atoms with Gasteiger partial charge < -0.3 is 14.6 Å². The van der Waals surface area contributed by atoms with Crippen LogP contribution in [0.3, 0.4) is 0 Å². The lowest BCUT2D eigenvalue weighted by Crippen LogP contribution is -2.11. The van der Waals surface area contributed by atoms with E-state index in [0.717, 1.165) is 30.6 Å². The minimum absolute atomic E-state index is 0.0214. The van der Waals surface area contributed by atoms with E-state index in [-0.39, 0.29) is 12.6 Å². The van der Waals surface area contributed by atoms with Crippen LogP contribution >= 0.6 is 11.8 Å². The molecule has 1 aromatic rings. The summed E-state index contributed by atoms with van der Waals surface area (Å²) >= 11 is 1.87. The molecule has 0 spiro atoms. The molecule has 0 bridgehead atoms. The quantitative estimate of drug-likeness (QED) is 0.350. The highest BCUT2D eigenvalue weighted by Gasteiger charge is 2.21. The van der Waals surface area contributed by atoms with Crippen molar-refractivity contribution in [2.75, 3.05) is 26.1 Å². The number of benzene rings is 1. The number of ether oxygens (including phenoxy) is 2. The SMILES string of the molecule is COC(=O)COCCCSC1=C(C)CC[C@@H]1/C=C/C(O)Cc1ccccc1. The molecule has 0 saturated carbocycles. The Balaban J connectivity index is 1.73. The summed E-state index contributed by atoms with van der Waals surface area (Å²) in [6.45, 7) is 2.78. The van der Waals surface area contributed by atoms with E-state index in [1.807, 2.05) is 48.2 Å². The number of rotatable bonds is 11. The van der Waals surface area contributed by atoms with Gasteiger partial charge in [-0.05, 0) is 42.4 Å². The average Bonchev–Trinajstić information content (AvgIpc) is 3.03. The molecule has 2 atom stereocenters. The van der Waals surface area contributed by atoms with Crippen molar-refractivity contribution >= 4 is 17.7 Å². The lowest BCUT2D eigenvalue weighted by molar-refractivity contribution is -0.145. The number of hydrogen-bond donors (Lipinski definition) is 1. The van der Waals surface area contributed by atoms with Crippen LogP contribution in [0.1, 0.15) is 31.7 Å². The first kappa shape index (κ1) is 21.7. The van der Waals surface area contributed by atoms with Crippen LogP contribution in [0, 0.1) is 5.92 Å². The van der Waals surface area contributed by atoms with Gasteiger partial charge in [-0.25, -0.2) is 4.79 Å². The summed E-state index contributed by atoms with van der Waals surface area (Å²) < 4.78 is 9.83. The number of carbonyl (C=O) groups is 1. The molecule has 0 heterocycles. The normalized spacial score (nSPS) is 18.3. The van der Waals surface area contributed by atoms with Crippen LogP contribution in [0.25, 0.3) is 0 Å². The van der Waals surface area contributed by atoms with Crippen LogP contribution in [0.2, 0.25) is 0 Å². The fraction of sp³-hybridized carbons (Fsp3) is 0.500. The molecule has 1 aliphatic carbocycles. The van der Waals surface area contributed by atoms with Crippen molar-refractivity contribution in [3.63, 3.8) is 0 Å². The van der Waals surface area contributed by atoms with Gasteiger partial charge in [-0.1, -0.05) is 48.1 Å². The molecule has 27 heavy (non-hydrogen) atoms. The minimum Gasteiger partial charge on any atom is -0.467 e. The number of aliphatic hydroxyl groups excluding tert-OH is 1. The first-order chi connectivity index (χ1) is 13.1. The molecule has 0 radical (unpaired) electrons. The van der Waals surface area contributed by atoms with Crippen molar-refractivity contribution in [1.29, 1.82) is 0 Å². The Morgan fingerprint density at radius 3 is 2.89 bits per heavy atom. The second kappa shape index (κ2) is 12.0. The molecule has 0 saturated heterocycles. The number of methoxy groups -OCH3 is 1. The molecule has 0 fully saturated rings. The second-order valence-electron chi connectivity index (χ2n) is 6.76. The largest absolute Gasteiger partial charge is 0.467 e.